The lowest BCUT2D eigenvalue weighted by atomic mass is 10.2. The molecule has 0 N–H and O–H groups in total. The van der Waals surface area contributed by atoms with Gasteiger partial charge in [0.2, 0.25) is 5.89 Å². The van der Waals surface area contributed by atoms with Crippen molar-refractivity contribution < 1.29 is 8.94 Å². The first-order chi connectivity index (χ1) is 13.7. The Morgan fingerprint density at radius 3 is 2.82 bits per heavy atom. The van der Waals surface area contributed by atoms with Crippen LogP contribution in [0.1, 0.15) is 43.0 Å². The summed E-state index contributed by atoms with van der Waals surface area (Å²) in [5, 5.41) is 5.04. The molecule has 0 amide bonds. The third-order valence-electron chi connectivity index (χ3n) is 4.31. The van der Waals surface area contributed by atoms with Gasteiger partial charge in [-0.05, 0) is 37.6 Å². The Hall–Kier alpha value is -2.87. The van der Waals surface area contributed by atoms with Gasteiger partial charge in [0.25, 0.3) is 5.56 Å². The van der Waals surface area contributed by atoms with E-state index in [1.807, 2.05) is 31.2 Å². The SMILES string of the molecule is CCCc1noc(C(C)Sc2nc3ccccc3c(=O)n2Cc2ccco2)n1. The minimum absolute atomic E-state index is 0.103. The van der Waals surface area contributed by atoms with E-state index in [0.717, 1.165) is 12.8 Å². The lowest BCUT2D eigenvalue weighted by Gasteiger charge is -2.14. The molecule has 4 aromatic rings. The smallest absolute Gasteiger partial charge is 0.262 e. The van der Waals surface area contributed by atoms with Gasteiger partial charge >= 0.3 is 0 Å². The van der Waals surface area contributed by atoms with Crippen molar-refractivity contribution in [1.29, 1.82) is 0 Å². The van der Waals surface area contributed by atoms with Gasteiger partial charge in [-0.3, -0.25) is 9.36 Å². The van der Waals surface area contributed by atoms with Crippen LogP contribution in [-0.2, 0) is 13.0 Å². The van der Waals surface area contributed by atoms with Crippen molar-refractivity contribution in [2.24, 2.45) is 0 Å². The van der Waals surface area contributed by atoms with E-state index in [9.17, 15) is 4.79 Å². The van der Waals surface area contributed by atoms with E-state index in [0.29, 0.717) is 40.1 Å². The summed E-state index contributed by atoms with van der Waals surface area (Å²) in [7, 11) is 0. The molecule has 0 saturated heterocycles. The van der Waals surface area contributed by atoms with E-state index < -0.39 is 0 Å². The van der Waals surface area contributed by atoms with Crippen LogP contribution in [0.5, 0.6) is 0 Å². The molecule has 0 aliphatic rings. The number of hydrogen-bond acceptors (Lipinski definition) is 7. The number of nitrogens with zero attached hydrogens (tertiary/aromatic N) is 4. The van der Waals surface area contributed by atoms with Crippen LogP contribution in [0.3, 0.4) is 0 Å². The molecule has 4 rings (SSSR count). The molecule has 7 nitrogen and oxygen atoms in total. The van der Waals surface area contributed by atoms with Gasteiger partial charge in [-0.15, -0.1) is 0 Å². The third-order valence-corrected chi connectivity index (χ3v) is 5.39. The van der Waals surface area contributed by atoms with E-state index in [4.69, 9.17) is 13.9 Å². The van der Waals surface area contributed by atoms with Crippen LogP contribution in [0.4, 0.5) is 0 Å². The molecule has 0 saturated carbocycles. The molecule has 0 fully saturated rings. The van der Waals surface area contributed by atoms with Crippen LogP contribution in [0.2, 0.25) is 0 Å². The normalized spacial score (nSPS) is 12.5. The fourth-order valence-corrected chi connectivity index (χ4v) is 3.84. The third kappa shape index (κ3) is 3.73. The molecule has 8 heteroatoms. The van der Waals surface area contributed by atoms with Crippen molar-refractivity contribution in [1.82, 2.24) is 19.7 Å². The van der Waals surface area contributed by atoms with E-state index in [2.05, 4.69) is 17.1 Å². The Labute approximate surface area is 165 Å². The van der Waals surface area contributed by atoms with Crippen LogP contribution < -0.4 is 5.56 Å². The van der Waals surface area contributed by atoms with Gasteiger partial charge in [0.1, 0.15) is 5.76 Å². The zero-order valence-electron chi connectivity index (χ0n) is 15.7. The van der Waals surface area contributed by atoms with Crippen molar-refractivity contribution in [3.05, 3.63) is 70.5 Å². The molecule has 0 spiro atoms. The highest BCUT2D eigenvalue weighted by molar-refractivity contribution is 7.99. The number of benzene rings is 1. The van der Waals surface area contributed by atoms with Crippen molar-refractivity contribution in [2.45, 2.75) is 43.6 Å². The van der Waals surface area contributed by atoms with Crippen LogP contribution in [0, 0.1) is 0 Å². The molecule has 1 unspecified atom stereocenters. The maximum Gasteiger partial charge on any atom is 0.262 e. The van der Waals surface area contributed by atoms with Gasteiger partial charge in [0.05, 0.1) is 29.0 Å². The standard InChI is InChI=1S/C20H20N4O3S/c1-3-7-17-22-18(27-23-17)13(2)28-20-21-16-10-5-4-9-15(16)19(25)24(20)12-14-8-6-11-26-14/h4-6,8-11,13H,3,7,12H2,1-2H3. The number of hydrogen-bond donors (Lipinski definition) is 0. The zero-order chi connectivity index (χ0) is 19.5. The summed E-state index contributed by atoms with van der Waals surface area (Å²) in [5.74, 6) is 1.92. The molecular formula is C20H20N4O3S. The molecule has 1 aromatic carbocycles. The van der Waals surface area contributed by atoms with Gasteiger partial charge in [0.15, 0.2) is 11.0 Å². The minimum atomic E-state index is -0.144. The summed E-state index contributed by atoms with van der Waals surface area (Å²) >= 11 is 1.42. The van der Waals surface area contributed by atoms with E-state index in [-0.39, 0.29) is 10.8 Å². The lowest BCUT2D eigenvalue weighted by molar-refractivity contribution is 0.374. The van der Waals surface area contributed by atoms with Gasteiger partial charge in [0, 0.05) is 6.42 Å². The maximum atomic E-state index is 13.1. The molecule has 0 bridgehead atoms. The van der Waals surface area contributed by atoms with E-state index >= 15 is 0 Å². The minimum Gasteiger partial charge on any atom is -0.467 e. The summed E-state index contributed by atoms with van der Waals surface area (Å²) in [6, 6.07) is 11.0. The predicted octanol–water partition coefficient (Wildman–Crippen LogP) is 4.23. The van der Waals surface area contributed by atoms with Gasteiger partial charge in [-0.1, -0.05) is 36.0 Å². The Bertz CT molecular complexity index is 1130. The average Bonchev–Trinajstić information content (AvgIpc) is 3.37. The zero-order valence-corrected chi connectivity index (χ0v) is 16.5. The van der Waals surface area contributed by atoms with Crippen molar-refractivity contribution in [2.75, 3.05) is 0 Å². The number of thioether (sulfide) groups is 1. The number of fused-ring (bicyclic) bond motifs is 1. The van der Waals surface area contributed by atoms with Crippen molar-refractivity contribution in [3.63, 3.8) is 0 Å². The Kier molecular flexibility index (Phi) is 5.29. The van der Waals surface area contributed by atoms with E-state index in [1.165, 1.54) is 11.8 Å². The Morgan fingerprint density at radius 2 is 2.04 bits per heavy atom. The number of furan rings is 1. The summed E-state index contributed by atoms with van der Waals surface area (Å²) in [5.41, 5.74) is 0.559. The Balaban J connectivity index is 1.72. The monoisotopic (exact) mass is 396 g/mol. The van der Waals surface area contributed by atoms with Gasteiger partial charge in [-0.2, -0.15) is 4.98 Å². The number of rotatable bonds is 7. The number of aromatic nitrogens is 4. The highest BCUT2D eigenvalue weighted by Crippen LogP contribution is 2.33. The molecule has 0 aliphatic carbocycles. The maximum absolute atomic E-state index is 13.1. The molecular weight excluding hydrogens is 376 g/mol. The largest absolute Gasteiger partial charge is 0.467 e. The second kappa shape index (κ2) is 8.02. The predicted molar refractivity (Wildman–Crippen MR) is 106 cm³/mol. The molecule has 144 valence electrons. The molecule has 3 heterocycles. The van der Waals surface area contributed by atoms with E-state index in [1.54, 1.807) is 23.0 Å². The quantitative estimate of drug-likeness (QED) is 0.341. The molecule has 28 heavy (non-hydrogen) atoms. The highest BCUT2D eigenvalue weighted by atomic mass is 32.2. The van der Waals surface area contributed by atoms with Gasteiger partial charge in [-0.25, -0.2) is 4.98 Å². The van der Waals surface area contributed by atoms with Gasteiger partial charge < -0.3 is 8.94 Å². The second-order valence-corrected chi connectivity index (χ2v) is 7.75. The van der Waals surface area contributed by atoms with Crippen LogP contribution in [-0.4, -0.2) is 19.7 Å². The molecule has 1 atom stereocenters. The van der Waals surface area contributed by atoms with Crippen LogP contribution in [0.25, 0.3) is 10.9 Å². The summed E-state index contributed by atoms with van der Waals surface area (Å²) in [6.07, 6.45) is 3.33. The summed E-state index contributed by atoms with van der Waals surface area (Å²) in [6.45, 7) is 4.34. The fourth-order valence-electron chi connectivity index (χ4n) is 2.90. The summed E-state index contributed by atoms with van der Waals surface area (Å²) < 4.78 is 12.5. The topological polar surface area (TPSA) is 87.0 Å². The summed E-state index contributed by atoms with van der Waals surface area (Å²) in [4.78, 5) is 22.3. The molecule has 0 radical (unpaired) electrons. The molecule has 3 aromatic heterocycles. The highest BCUT2D eigenvalue weighted by Gasteiger charge is 2.20. The fraction of sp³-hybridized carbons (Fsp3) is 0.300. The number of aryl methyl sites for hydroxylation is 1. The van der Waals surface area contributed by atoms with Crippen molar-refractivity contribution in [3.8, 4) is 0 Å². The Morgan fingerprint density at radius 1 is 1.18 bits per heavy atom. The molecule has 0 aliphatic heterocycles. The van der Waals surface area contributed by atoms with Crippen molar-refractivity contribution >= 4 is 22.7 Å². The average molecular weight is 396 g/mol. The first-order valence-corrected chi connectivity index (χ1v) is 10.0. The second-order valence-electron chi connectivity index (χ2n) is 6.44. The first kappa shape index (κ1) is 18.5. The van der Waals surface area contributed by atoms with Crippen LogP contribution in [0.15, 0.2) is 61.6 Å². The number of para-hydroxylation sites is 1. The lowest BCUT2D eigenvalue weighted by Crippen LogP contribution is -2.24. The van der Waals surface area contributed by atoms with Crippen LogP contribution >= 0.6 is 11.8 Å². The first-order valence-electron chi connectivity index (χ1n) is 9.16.